The molecular formula is C26H50N3O5PS. The summed E-state index contributed by atoms with van der Waals surface area (Å²) >= 11 is 1.93. The number of hydrogen-bond donors (Lipinski definition) is 3. The molecule has 10 heteroatoms. The molecule has 0 aromatic rings. The summed E-state index contributed by atoms with van der Waals surface area (Å²) in [5, 5.41) is 9.54. The maximum absolute atomic E-state index is 12.4. The molecule has 0 unspecified atom stereocenters. The van der Waals surface area contributed by atoms with E-state index in [1.807, 2.05) is 25.6 Å². The van der Waals surface area contributed by atoms with E-state index in [0.29, 0.717) is 31.0 Å². The van der Waals surface area contributed by atoms with Crippen LogP contribution in [0.2, 0.25) is 0 Å². The number of amides is 3. The van der Waals surface area contributed by atoms with Crippen LogP contribution in [0.5, 0.6) is 0 Å². The fourth-order valence-corrected chi connectivity index (χ4v) is 8.27. The Morgan fingerprint density at radius 2 is 1.53 bits per heavy atom. The molecule has 0 aromatic carbocycles. The summed E-state index contributed by atoms with van der Waals surface area (Å²) in [5.74, 6) is 1.16. The Labute approximate surface area is 223 Å². The smallest absolute Gasteiger partial charge is 0.330 e. The van der Waals surface area contributed by atoms with Crippen LogP contribution in [-0.2, 0) is 18.4 Å². The molecule has 36 heavy (non-hydrogen) atoms. The van der Waals surface area contributed by atoms with E-state index in [4.69, 9.17) is 9.05 Å². The van der Waals surface area contributed by atoms with Crippen LogP contribution < -0.4 is 16.0 Å². The minimum absolute atomic E-state index is 0.0350. The molecule has 2 fully saturated rings. The number of urea groups is 1. The van der Waals surface area contributed by atoms with E-state index >= 15 is 0 Å². The van der Waals surface area contributed by atoms with Gasteiger partial charge < -0.3 is 25.0 Å². The zero-order chi connectivity index (χ0) is 26.1. The van der Waals surface area contributed by atoms with Crippen molar-refractivity contribution in [3.63, 3.8) is 0 Å². The number of thioether (sulfide) groups is 1. The summed E-state index contributed by atoms with van der Waals surface area (Å²) in [5.41, 5.74) is 0. The van der Waals surface area contributed by atoms with E-state index in [-0.39, 0.29) is 24.0 Å². The Morgan fingerprint density at radius 1 is 0.917 bits per heavy atom. The molecule has 2 rings (SSSR count). The van der Waals surface area contributed by atoms with Gasteiger partial charge in [0.05, 0.1) is 31.5 Å². The lowest BCUT2D eigenvalue weighted by molar-refractivity contribution is -0.121. The van der Waals surface area contributed by atoms with E-state index in [0.717, 1.165) is 50.8 Å². The van der Waals surface area contributed by atoms with Gasteiger partial charge in [-0.25, -0.2) is 4.79 Å². The van der Waals surface area contributed by atoms with Gasteiger partial charge in [-0.3, -0.25) is 9.36 Å². The molecule has 8 nitrogen and oxygen atoms in total. The topological polar surface area (TPSA) is 106 Å². The number of nitrogens with one attached hydrogen (secondary N) is 3. The summed E-state index contributed by atoms with van der Waals surface area (Å²) in [6.07, 6.45) is 15.8. The summed E-state index contributed by atoms with van der Waals surface area (Å²) in [7, 11) is -2.86. The predicted molar refractivity (Wildman–Crippen MR) is 149 cm³/mol. The first kappa shape index (κ1) is 31.5. The monoisotopic (exact) mass is 547 g/mol. The predicted octanol–water partition coefficient (Wildman–Crippen LogP) is 6.00. The van der Waals surface area contributed by atoms with Crippen LogP contribution in [-0.4, -0.2) is 60.9 Å². The van der Waals surface area contributed by atoms with Crippen molar-refractivity contribution in [2.45, 2.75) is 121 Å². The summed E-state index contributed by atoms with van der Waals surface area (Å²) in [6.45, 7) is 5.37. The van der Waals surface area contributed by atoms with Crippen molar-refractivity contribution >= 4 is 31.3 Å². The van der Waals surface area contributed by atoms with Crippen LogP contribution in [0.4, 0.5) is 4.79 Å². The van der Waals surface area contributed by atoms with Crippen molar-refractivity contribution in [2.24, 2.45) is 0 Å². The van der Waals surface area contributed by atoms with Crippen molar-refractivity contribution < 1.29 is 23.2 Å². The van der Waals surface area contributed by atoms with Crippen LogP contribution in [0.3, 0.4) is 0 Å². The van der Waals surface area contributed by atoms with Gasteiger partial charge in [0.15, 0.2) is 0 Å². The fourth-order valence-electron chi connectivity index (χ4n) is 4.99. The van der Waals surface area contributed by atoms with E-state index in [1.165, 1.54) is 44.9 Å². The zero-order valence-electron chi connectivity index (χ0n) is 22.6. The lowest BCUT2D eigenvalue weighted by Gasteiger charge is -2.16. The highest BCUT2D eigenvalue weighted by molar-refractivity contribution is 8.00. The first-order valence-electron chi connectivity index (χ1n) is 14.3. The average Bonchev–Trinajstić information content (AvgIpc) is 3.39. The Hall–Kier alpha value is -0.760. The van der Waals surface area contributed by atoms with E-state index in [1.54, 1.807) is 0 Å². The molecule has 2 aliphatic heterocycles. The van der Waals surface area contributed by atoms with Crippen LogP contribution in [0, 0.1) is 0 Å². The van der Waals surface area contributed by atoms with Gasteiger partial charge in [-0.15, -0.1) is 0 Å². The molecule has 210 valence electrons. The Bertz CT molecular complexity index is 674. The minimum Gasteiger partial charge on any atom is -0.356 e. The maximum atomic E-state index is 12.4. The molecule has 3 N–H and O–H groups in total. The summed E-state index contributed by atoms with van der Waals surface area (Å²) < 4.78 is 23.1. The molecule has 2 saturated heterocycles. The highest BCUT2D eigenvalue weighted by Gasteiger charge is 2.42. The SMILES string of the molecule is CCOP(=O)(CCCCCCCCCCCCNC(=O)CCCC[C@@H]1SC[C@@H]2NC(=O)N[C@@H]21)OCC. The van der Waals surface area contributed by atoms with Crippen molar-refractivity contribution in [3.05, 3.63) is 0 Å². The lowest BCUT2D eigenvalue weighted by atomic mass is 10.0. The Balaban J connectivity index is 1.31. The minimum atomic E-state index is -2.86. The third-order valence-corrected chi connectivity index (χ3v) is 10.6. The molecule has 2 heterocycles. The first-order chi connectivity index (χ1) is 17.5. The van der Waals surface area contributed by atoms with E-state index in [2.05, 4.69) is 16.0 Å². The Kier molecular flexibility index (Phi) is 16.2. The van der Waals surface area contributed by atoms with Gasteiger partial charge in [0.25, 0.3) is 0 Å². The molecule has 3 amide bonds. The van der Waals surface area contributed by atoms with Gasteiger partial charge in [-0.2, -0.15) is 11.8 Å². The molecule has 0 aromatic heterocycles. The number of fused-ring (bicyclic) bond motifs is 1. The van der Waals surface area contributed by atoms with Crippen LogP contribution in [0.1, 0.15) is 104 Å². The second-order valence-electron chi connectivity index (χ2n) is 9.92. The van der Waals surface area contributed by atoms with Crippen LogP contribution in [0.15, 0.2) is 0 Å². The highest BCUT2D eigenvalue weighted by atomic mass is 32.2. The standard InChI is InChI=1S/C26H50N3O5PS/c1-3-33-35(32,34-4-2)20-16-12-10-8-6-5-7-9-11-15-19-27-24(30)18-14-13-17-23-25-22(21-36-23)28-26(31)29-25/h22-23,25H,3-21H2,1-2H3,(H,27,30)(H2,28,29,31)/t22-,23-,25-/m0/s1. The van der Waals surface area contributed by atoms with Gasteiger partial charge in [0.2, 0.25) is 5.91 Å². The number of rotatable bonds is 22. The molecule has 0 aliphatic carbocycles. The van der Waals surface area contributed by atoms with Crippen LogP contribution in [0.25, 0.3) is 0 Å². The number of hydrogen-bond acceptors (Lipinski definition) is 6. The van der Waals surface area contributed by atoms with Crippen molar-refractivity contribution in [1.29, 1.82) is 0 Å². The second kappa shape index (κ2) is 18.5. The van der Waals surface area contributed by atoms with Gasteiger partial charge in [0.1, 0.15) is 0 Å². The van der Waals surface area contributed by atoms with Gasteiger partial charge in [-0.1, -0.05) is 57.8 Å². The zero-order valence-corrected chi connectivity index (χ0v) is 24.3. The molecule has 2 aliphatic rings. The second-order valence-corrected chi connectivity index (χ2v) is 13.4. The van der Waals surface area contributed by atoms with E-state index in [9.17, 15) is 14.2 Å². The maximum Gasteiger partial charge on any atom is 0.330 e. The summed E-state index contributed by atoms with van der Waals surface area (Å²) in [6, 6.07) is 0.503. The van der Waals surface area contributed by atoms with Crippen LogP contribution >= 0.6 is 19.4 Å². The number of carbonyl (C=O) groups excluding carboxylic acids is 2. The average molecular weight is 548 g/mol. The van der Waals surface area contributed by atoms with E-state index < -0.39 is 7.60 Å². The molecule has 0 spiro atoms. The van der Waals surface area contributed by atoms with Gasteiger partial charge in [-0.05, 0) is 39.5 Å². The Morgan fingerprint density at radius 3 is 2.17 bits per heavy atom. The molecule has 0 saturated carbocycles. The number of carbonyl (C=O) groups is 2. The normalized spacial score (nSPS) is 21.3. The van der Waals surface area contributed by atoms with Crippen molar-refractivity contribution in [1.82, 2.24) is 16.0 Å². The number of unbranched alkanes of at least 4 members (excludes halogenated alkanes) is 10. The third kappa shape index (κ3) is 12.7. The largest absolute Gasteiger partial charge is 0.356 e. The molecule has 3 atom stereocenters. The lowest BCUT2D eigenvalue weighted by Crippen LogP contribution is -2.36. The van der Waals surface area contributed by atoms with Gasteiger partial charge >= 0.3 is 13.6 Å². The third-order valence-electron chi connectivity index (χ3n) is 6.91. The quantitative estimate of drug-likeness (QED) is 0.0873. The van der Waals surface area contributed by atoms with Gasteiger partial charge in [0, 0.05) is 24.0 Å². The highest BCUT2D eigenvalue weighted by Crippen LogP contribution is 2.48. The molecule has 0 radical (unpaired) electrons. The fraction of sp³-hybridized carbons (Fsp3) is 0.923. The first-order valence-corrected chi connectivity index (χ1v) is 17.1. The molecular weight excluding hydrogens is 497 g/mol. The molecule has 0 bridgehead atoms. The van der Waals surface area contributed by atoms with Crippen molar-refractivity contribution in [2.75, 3.05) is 31.7 Å². The van der Waals surface area contributed by atoms with Crippen molar-refractivity contribution in [3.8, 4) is 0 Å². The summed E-state index contributed by atoms with van der Waals surface area (Å²) in [4.78, 5) is 23.5.